The number of carbonyl (C=O) groups excluding carboxylic acids is 1. The van der Waals surface area contributed by atoms with Crippen molar-refractivity contribution in [2.75, 3.05) is 0 Å². The first-order valence-corrected chi connectivity index (χ1v) is 8.04. The van der Waals surface area contributed by atoms with E-state index < -0.39 is 0 Å². The highest BCUT2D eigenvalue weighted by Gasteiger charge is 2.20. The molecule has 1 heterocycles. The highest BCUT2D eigenvalue weighted by Crippen LogP contribution is 2.27. The van der Waals surface area contributed by atoms with Gasteiger partial charge >= 0.3 is 0 Å². The van der Waals surface area contributed by atoms with Gasteiger partial charge in [-0.25, -0.2) is 0 Å². The van der Waals surface area contributed by atoms with Crippen molar-refractivity contribution in [2.24, 2.45) is 0 Å². The second kappa shape index (κ2) is 5.98. The summed E-state index contributed by atoms with van der Waals surface area (Å²) in [6, 6.07) is 7.89. The number of aryl methyl sites for hydroxylation is 2. The van der Waals surface area contributed by atoms with E-state index in [1.165, 1.54) is 0 Å². The third-order valence-corrected chi connectivity index (χ3v) is 4.36. The lowest BCUT2D eigenvalue weighted by molar-refractivity contribution is 0.103. The van der Waals surface area contributed by atoms with Crippen LogP contribution in [-0.4, -0.2) is 15.6 Å². The quantitative estimate of drug-likeness (QED) is 0.602. The Hall–Kier alpha value is -1.68. The van der Waals surface area contributed by atoms with Gasteiger partial charge in [0, 0.05) is 28.4 Å². The van der Waals surface area contributed by atoms with Gasteiger partial charge in [-0.1, -0.05) is 15.9 Å². The highest BCUT2D eigenvalue weighted by molar-refractivity contribution is 9.10. The molecular weight excluding hydrogens is 328 g/mol. The minimum atomic E-state index is 0.152. The highest BCUT2D eigenvalue weighted by atomic mass is 79.9. The molecule has 0 radical (unpaired) electrons. The number of hydrogen-bond donors (Lipinski definition) is 0. The van der Waals surface area contributed by atoms with Crippen LogP contribution in [0.4, 0.5) is 0 Å². The number of fused-ring (bicyclic) bond motifs is 1. The van der Waals surface area contributed by atoms with Crippen LogP contribution >= 0.6 is 15.9 Å². The summed E-state index contributed by atoms with van der Waals surface area (Å²) in [5.74, 6) is 0.152. The van der Waals surface area contributed by atoms with Crippen molar-refractivity contribution < 1.29 is 4.79 Å². The first kappa shape index (κ1) is 14.3. The van der Waals surface area contributed by atoms with E-state index >= 15 is 0 Å². The fourth-order valence-corrected chi connectivity index (χ4v) is 3.20. The molecule has 1 aliphatic rings. The van der Waals surface area contributed by atoms with Gasteiger partial charge in [0.1, 0.15) is 0 Å². The molecule has 0 saturated heterocycles. The first-order valence-electron chi connectivity index (χ1n) is 7.24. The second-order valence-electron chi connectivity index (χ2n) is 5.23. The SMILES string of the molecule is CCn1nccc1C=C1CCCc2cc(Br)ccc2C1=O. The zero-order chi connectivity index (χ0) is 14.8. The number of hydrogen-bond acceptors (Lipinski definition) is 2. The summed E-state index contributed by atoms with van der Waals surface area (Å²) < 4.78 is 2.94. The molecule has 0 N–H and O–H groups in total. The molecule has 0 saturated carbocycles. The Morgan fingerprint density at radius 3 is 3.00 bits per heavy atom. The summed E-state index contributed by atoms with van der Waals surface area (Å²) in [6.45, 7) is 2.86. The van der Waals surface area contributed by atoms with Crippen LogP contribution in [0, 0.1) is 0 Å². The molecule has 21 heavy (non-hydrogen) atoms. The van der Waals surface area contributed by atoms with Gasteiger partial charge in [-0.3, -0.25) is 9.48 Å². The van der Waals surface area contributed by atoms with E-state index in [9.17, 15) is 4.79 Å². The van der Waals surface area contributed by atoms with E-state index in [-0.39, 0.29) is 5.78 Å². The van der Waals surface area contributed by atoms with Crippen molar-refractivity contribution in [3.8, 4) is 0 Å². The van der Waals surface area contributed by atoms with Gasteiger partial charge in [-0.15, -0.1) is 0 Å². The minimum Gasteiger partial charge on any atom is -0.289 e. The molecule has 0 spiro atoms. The Morgan fingerprint density at radius 2 is 2.19 bits per heavy atom. The fourth-order valence-electron chi connectivity index (χ4n) is 2.79. The summed E-state index contributed by atoms with van der Waals surface area (Å²) in [5, 5.41) is 4.26. The van der Waals surface area contributed by atoms with Gasteiger partial charge in [0.15, 0.2) is 5.78 Å². The Bertz CT molecular complexity index is 715. The number of ketones is 1. The van der Waals surface area contributed by atoms with Gasteiger partial charge in [0.25, 0.3) is 0 Å². The number of allylic oxidation sites excluding steroid dienone is 1. The average Bonchev–Trinajstić information content (AvgIpc) is 2.87. The van der Waals surface area contributed by atoms with Crippen LogP contribution in [0.1, 0.15) is 41.4 Å². The molecule has 0 fully saturated rings. The number of aromatic nitrogens is 2. The molecular formula is C17H17BrN2O. The molecule has 2 aromatic rings. The number of Topliss-reactive ketones (excluding diaryl/α,β-unsaturated/α-hetero) is 1. The van der Waals surface area contributed by atoms with Crippen LogP contribution in [0.15, 0.2) is 40.5 Å². The maximum atomic E-state index is 12.8. The van der Waals surface area contributed by atoms with Crippen molar-refractivity contribution >= 4 is 27.8 Å². The van der Waals surface area contributed by atoms with Crippen LogP contribution < -0.4 is 0 Å². The number of rotatable bonds is 2. The fraction of sp³-hybridized carbons (Fsp3) is 0.294. The number of benzene rings is 1. The van der Waals surface area contributed by atoms with E-state index in [4.69, 9.17) is 0 Å². The smallest absolute Gasteiger partial charge is 0.189 e. The summed E-state index contributed by atoms with van der Waals surface area (Å²) in [7, 11) is 0. The summed E-state index contributed by atoms with van der Waals surface area (Å²) in [4.78, 5) is 12.8. The standard InChI is InChI=1S/C17H17BrN2O/c1-2-20-15(8-9-19-20)11-13-5-3-4-12-10-14(18)6-7-16(12)17(13)21/h6-11H,2-5H2,1H3. The van der Waals surface area contributed by atoms with Crippen LogP contribution in [0.3, 0.4) is 0 Å². The number of halogens is 1. The van der Waals surface area contributed by atoms with Gasteiger partial charge in [-0.2, -0.15) is 5.10 Å². The average molecular weight is 345 g/mol. The topological polar surface area (TPSA) is 34.9 Å². The summed E-state index contributed by atoms with van der Waals surface area (Å²) in [6.07, 6.45) is 6.55. The third-order valence-electron chi connectivity index (χ3n) is 3.87. The van der Waals surface area contributed by atoms with Crippen LogP contribution in [0.25, 0.3) is 6.08 Å². The van der Waals surface area contributed by atoms with Gasteiger partial charge in [0.05, 0.1) is 5.69 Å². The van der Waals surface area contributed by atoms with Crippen molar-refractivity contribution in [3.05, 3.63) is 57.3 Å². The molecule has 4 heteroatoms. The predicted molar refractivity (Wildman–Crippen MR) is 87.3 cm³/mol. The zero-order valence-electron chi connectivity index (χ0n) is 12.0. The Labute approximate surface area is 132 Å². The molecule has 3 rings (SSSR count). The molecule has 0 atom stereocenters. The molecule has 3 nitrogen and oxygen atoms in total. The molecule has 1 aromatic heterocycles. The van der Waals surface area contributed by atoms with Crippen LogP contribution in [0.5, 0.6) is 0 Å². The second-order valence-corrected chi connectivity index (χ2v) is 6.14. The van der Waals surface area contributed by atoms with Crippen molar-refractivity contribution in [1.82, 2.24) is 9.78 Å². The van der Waals surface area contributed by atoms with E-state index in [1.807, 2.05) is 29.0 Å². The molecule has 108 valence electrons. The molecule has 1 aromatic carbocycles. The van der Waals surface area contributed by atoms with Crippen molar-refractivity contribution in [1.29, 1.82) is 0 Å². The number of carbonyl (C=O) groups is 1. The predicted octanol–water partition coefficient (Wildman–Crippen LogP) is 4.27. The summed E-state index contributed by atoms with van der Waals surface area (Å²) >= 11 is 3.48. The van der Waals surface area contributed by atoms with Crippen LogP contribution in [0.2, 0.25) is 0 Å². The molecule has 0 bridgehead atoms. The minimum absolute atomic E-state index is 0.152. The van der Waals surface area contributed by atoms with Gasteiger partial charge in [-0.05, 0) is 62.1 Å². The molecule has 0 amide bonds. The Morgan fingerprint density at radius 1 is 1.33 bits per heavy atom. The maximum Gasteiger partial charge on any atom is 0.189 e. The molecule has 1 aliphatic carbocycles. The maximum absolute atomic E-state index is 12.8. The van der Waals surface area contributed by atoms with Gasteiger partial charge in [0.2, 0.25) is 0 Å². The van der Waals surface area contributed by atoms with Crippen molar-refractivity contribution in [2.45, 2.75) is 32.7 Å². The lowest BCUT2D eigenvalue weighted by Gasteiger charge is -2.06. The largest absolute Gasteiger partial charge is 0.289 e. The first-order chi connectivity index (χ1) is 10.2. The van der Waals surface area contributed by atoms with E-state index in [1.54, 1.807) is 6.20 Å². The summed E-state index contributed by atoms with van der Waals surface area (Å²) in [5.41, 5.74) is 3.86. The van der Waals surface area contributed by atoms with Crippen molar-refractivity contribution in [3.63, 3.8) is 0 Å². The van der Waals surface area contributed by atoms with Crippen LogP contribution in [-0.2, 0) is 13.0 Å². The van der Waals surface area contributed by atoms with E-state index in [2.05, 4.69) is 34.0 Å². The monoisotopic (exact) mass is 344 g/mol. The van der Waals surface area contributed by atoms with E-state index in [0.29, 0.717) is 0 Å². The Balaban J connectivity index is 2.01. The normalized spacial score (nSPS) is 16.9. The molecule has 0 unspecified atom stereocenters. The molecule has 0 aliphatic heterocycles. The third kappa shape index (κ3) is 2.86. The lowest BCUT2D eigenvalue weighted by Crippen LogP contribution is -2.05. The zero-order valence-corrected chi connectivity index (χ0v) is 13.6. The Kier molecular flexibility index (Phi) is 4.06. The lowest BCUT2D eigenvalue weighted by atomic mass is 9.99. The van der Waals surface area contributed by atoms with E-state index in [0.717, 1.165) is 52.7 Å². The van der Waals surface area contributed by atoms with Gasteiger partial charge < -0.3 is 0 Å². The number of nitrogens with zero attached hydrogens (tertiary/aromatic N) is 2.